The number of carbonyl (C=O) groups excluding carboxylic acids is 1. The molecule has 0 radical (unpaired) electrons. The van der Waals surface area contributed by atoms with Crippen LogP contribution in [0.3, 0.4) is 0 Å². The van der Waals surface area contributed by atoms with E-state index in [-0.39, 0.29) is 11.6 Å². The first-order valence-corrected chi connectivity index (χ1v) is 7.81. The monoisotopic (exact) mass is 340 g/mol. The van der Waals surface area contributed by atoms with E-state index in [2.05, 4.69) is 22.9 Å². The van der Waals surface area contributed by atoms with Gasteiger partial charge in [-0.2, -0.15) is 0 Å². The van der Waals surface area contributed by atoms with Crippen LogP contribution in [0.4, 0.5) is 5.69 Å². The number of hydrogen-bond donors (Lipinski definition) is 0. The van der Waals surface area contributed by atoms with Gasteiger partial charge in [0.1, 0.15) is 0 Å². The SMILES string of the molecule is CCC(CBr)CN1CCc2ccc([N+](=O)[O-])cc2C1=O. The largest absolute Gasteiger partial charge is 0.338 e. The minimum Gasteiger partial charge on any atom is -0.338 e. The first-order valence-electron chi connectivity index (χ1n) is 6.69. The number of fused-ring (bicyclic) bond motifs is 1. The summed E-state index contributed by atoms with van der Waals surface area (Å²) in [4.78, 5) is 24.6. The van der Waals surface area contributed by atoms with E-state index < -0.39 is 4.92 Å². The Hall–Kier alpha value is -1.43. The predicted molar refractivity (Wildman–Crippen MR) is 80.3 cm³/mol. The van der Waals surface area contributed by atoms with E-state index in [1.54, 1.807) is 6.07 Å². The third-order valence-electron chi connectivity index (χ3n) is 3.75. The van der Waals surface area contributed by atoms with Crippen LogP contribution in [0.15, 0.2) is 18.2 Å². The highest BCUT2D eigenvalue weighted by Crippen LogP contribution is 2.25. The molecule has 0 spiro atoms. The van der Waals surface area contributed by atoms with E-state index in [0.29, 0.717) is 24.6 Å². The third kappa shape index (κ3) is 3.00. The van der Waals surface area contributed by atoms with Crippen molar-refractivity contribution in [2.75, 3.05) is 18.4 Å². The Kier molecular flexibility index (Phi) is 4.75. The van der Waals surface area contributed by atoms with Crippen molar-refractivity contribution in [1.29, 1.82) is 0 Å². The smallest absolute Gasteiger partial charge is 0.270 e. The Balaban J connectivity index is 2.23. The van der Waals surface area contributed by atoms with Gasteiger partial charge in [-0.3, -0.25) is 14.9 Å². The van der Waals surface area contributed by atoms with Gasteiger partial charge in [0.15, 0.2) is 0 Å². The van der Waals surface area contributed by atoms with Crippen molar-refractivity contribution in [3.63, 3.8) is 0 Å². The molecule has 0 aliphatic carbocycles. The fourth-order valence-electron chi connectivity index (χ4n) is 2.40. The predicted octanol–water partition coefficient (Wildman–Crippen LogP) is 3.01. The van der Waals surface area contributed by atoms with Gasteiger partial charge in [0, 0.05) is 36.1 Å². The maximum atomic E-state index is 12.4. The molecule has 20 heavy (non-hydrogen) atoms. The van der Waals surface area contributed by atoms with E-state index in [9.17, 15) is 14.9 Å². The minimum atomic E-state index is -0.458. The lowest BCUT2D eigenvalue weighted by atomic mass is 9.97. The van der Waals surface area contributed by atoms with Gasteiger partial charge in [0.2, 0.25) is 0 Å². The maximum absolute atomic E-state index is 12.4. The summed E-state index contributed by atoms with van der Waals surface area (Å²) in [5.74, 6) is 0.327. The molecular weight excluding hydrogens is 324 g/mol. The van der Waals surface area contributed by atoms with Crippen molar-refractivity contribution in [2.45, 2.75) is 19.8 Å². The second kappa shape index (κ2) is 6.35. The number of nitrogens with zero attached hydrogens (tertiary/aromatic N) is 2. The molecule has 2 rings (SSSR count). The molecule has 1 atom stereocenters. The van der Waals surface area contributed by atoms with Crippen LogP contribution in [0, 0.1) is 16.0 Å². The van der Waals surface area contributed by atoms with Crippen molar-refractivity contribution in [3.8, 4) is 0 Å². The fourth-order valence-corrected chi connectivity index (χ4v) is 3.06. The molecule has 1 heterocycles. The van der Waals surface area contributed by atoms with Gasteiger partial charge in [-0.15, -0.1) is 0 Å². The highest BCUT2D eigenvalue weighted by molar-refractivity contribution is 9.09. The number of nitro benzene ring substituents is 1. The summed E-state index contributed by atoms with van der Waals surface area (Å²) in [5, 5.41) is 11.7. The number of alkyl halides is 1. The lowest BCUT2D eigenvalue weighted by Crippen LogP contribution is -2.40. The summed E-state index contributed by atoms with van der Waals surface area (Å²) in [5.41, 5.74) is 1.37. The minimum absolute atomic E-state index is 0.0218. The quantitative estimate of drug-likeness (QED) is 0.470. The van der Waals surface area contributed by atoms with Crippen molar-refractivity contribution in [3.05, 3.63) is 39.4 Å². The van der Waals surface area contributed by atoms with E-state index >= 15 is 0 Å². The van der Waals surface area contributed by atoms with Crippen LogP contribution in [-0.4, -0.2) is 34.2 Å². The van der Waals surface area contributed by atoms with Crippen LogP contribution in [-0.2, 0) is 6.42 Å². The molecule has 0 fully saturated rings. The summed E-state index contributed by atoms with van der Waals surface area (Å²) in [6, 6.07) is 4.57. The zero-order valence-corrected chi connectivity index (χ0v) is 12.9. The number of carbonyl (C=O) groups is 1. The maximum Gasteiger partial charge on any atom is 0.270 e. The van der Waals surface area contributed by atoms with Gasteiger partial charge in [0.25, 0.3) is 11.6 Å². The molecule has 0 bridgehead atoms. The molecule has 0 aromatic heterocycles. The van der Waals surface area contributed by atoms with Crippen LogP contribution in [0.5, 0.6) is 0 Å². The second-order valence-electron chi connectivity index (χ2n) is 5.03. The zero-order valence-electron chi connectivity index (χ0n) is 11.3. The molecule has 0 saturated heterocycles. The van der Waals surface area contributed by atoms with E-state index in [0.717, 1.165) is 23.7 Å². The standard InChI is InChI=1S/C14H17BrN2O3/c1-2-10(8-15)9-16-6-5-11-3-4-12(17(19)20)7-13(11)14(16)18/h3-4,7,10H,2,5-6,8-9H2,1H3. The Morgan fingerprint density at radius 3 is 2.85 bits per heavy atom. The van der Waals surface area contributed by atoms with Gasteiger partial charge >= 0.3 is 0 Å². The molecule has 6 heteroatoms. The van der Waals surface area contributed by atoms with Gasteiger partial charge in [-0.1, -0.05) is 35.3 Å². The molecular formula is C14H17BrN2O3. The molecule has 1 aliphatic heterocycles. The third-order valence-corrected chi connectivity index (χ3v) is 4.66. The Morgan fingerprint density at radius 1 is 1.50 bits per heavy atom. The number of rotatable bonds is 5. The van der Waals surface area contributed by atoms with Crippen molar-refractivity contribution < 1.29 is 9.72 Å². The molecule has 1 aromatic rings. The summed E-state index contributed by atoms with van der Waals surface area (Å²) >= 11 is 3.46. The zero-order chi connectivity index (χ0) is 14.7. The molecule has 108 valence electrons. The fraction of sp³-hybridized carbons (Fsp3) is 0.500. The average molecular weight is 341 g/mol. The van der Waals surface area contributed by atoms with E-state index in [1.807, 2.05) is 4.90 Å². The van der Waals surface area contributed by atoms with E-state index in [4.69, 9.17) is 0 Å². The van der Waals surface area contributed by atoms with Gasteiger partial charge < -0.3 is 4.90 Å². The van der Waals surface area contributed by atoms with Crippen LogP contribution < -0.4 is 0 Å². The highest BCUT2D eigenvalue weighted by Gasteiger charge is 2.27. The van der Waals surface area contributed by atoms with Crippen LogP contribution in [0.25, 0.3) is 0 Å². The Labute approximate surface area is 126 Å². The number of non-ortho nitro benzene ring substituents is 1. The summed E-state index contributed by atoms with van der Waals surface area (Å²) in [7, 11) is 0. The number of benzene rings is 1. The van der Waals surface area contributed by atoms with Crippen molar-refractivity contribution in [2.24, 2.45) is 5.92 Å². The van der Waals surface area contributed by atoms with Crippen LogP contribution in [0.2, 0.25) is 0 Å². The number of halogens is 1. The highest BCUT2D eigenvalue weighted by atomic mass is 79.9. The summed E-state index contributed by atoms with van der Waals surface area (Å²) < 4.78 is 0. The van der Waals surface area contributed by atoms with Crippen LogP contribution >= 0.6 is 15.9 Å². The molecule has 5 nitrogen and oxygen atoms in total. The Morgan fingerprint density at radius 2 is 2.25 bits per heavy atom. The lowest BCUT2D eigenvalue weighted by Gasteiger charge is -2.31. The number of hydrogen-bond acceptors (Lipinski definition) is 3. The molecule has 0 saturated carbocycles. The number of amides is 1. The first-order chi connectivity index (χ1) is 9.56. The molecule has 1 aromatic carbocycles. The van der Waals surface area contributed by atoms with E-state index in [1.165, 1.54) is 12.1 Å². The Bertz CT molecular complexity index is 529. The average Bonchev–Trinajstić information content (AvgIpc) is 2.46. The van der Waals surface area contributed by atoms with Gasteiger partial charge in [0.05, 0.1) is 4.92 Å². The first kappa shape index (κ1) is 15.0. The van der Waals surface area contributed by atoms with Crippen molar-refractivity contribution >= 4 is 27.5 Å². The molecule has 0 N–H and O–H groups in total. The van der Waals surface area contributed by atoms with Crippen LogP contribution in [0.1, 0.15) is 29.3 Å². The van der Waals surface area contributed by atoms with Gasteiger partial charge in [-0.05, 0) is 17.9 Å². The van der Waals surface area contributed by atoms with Gasteiger partial charge in [-0.25, -0.2) is 0 Å². The molecule has 1 unspecified atom stereocenters. The summed E-state index contributed by atoms with van der Waals surface area (Å²) in [6.07, 6.45) is 1.76. The second-order valence-corrected chi connectivity index (χ2v) is 5.68. The number of nitro groups is 1. The van der Waals surface area contributed by atoms with Crippen molar-refractivity contribution in [1.82, 2.24) is 4.90 Å². The lowest BCUT2D eigenvalue weighted by molar-refractivity contribution is -0.384. The molecule has 1 aliphatic rings. The molecule has 1 amide bonds. The topological polar surface area (TPSA) is 63.4 Å². The normalized spacial score (nSPS) is 15.9. The summed E-state index contributed by atoms with van der Waals surface area (Å²) in [6.45, 7) is 3.48.